The number of Topliss-reactive ketones (excluding diaryl/α,β-unsaturated/α-hetero) is 1. The molecule has 0 bridgehead atoms. The van der Waals surface area contributed by atoms with Crippen molar-refractivity contribution in [3.63, 3.8) is 0 Å². The lowest BCUT2D eigenvalue weighted by molar-refractivity contribution is -0.125. The van der Waals surface area contributed by atoms with Crippen molar-refractivity contribution in [1.82, 2.24) is 9.80 Å². The molecule has 22 heavy (non-hydrogen) atoms. The van der Waals surface area contributed by atoms with Gasteiger partial charge in [-0.15, -0.1) is 0 Å². The monoisotopic (exact) mass is 300 g/mol. The lowest BCUT2D eigenvalue weighted by Gasteiger charge is -2.42. The van der Waals surface area contributed by atoms with Crippen molar-refractivity contribution in [3.05, 3.63) is 35.9 Å². The van der Waals surface area contributed by atoms with Crippen LogP contribution in [-0.4, -0.2) is 47.3 Å². The molecule has 0 spiro atoms. The molecule has 0 radical (unpaired) electrons. The molecule has 1 aliphatic heterocycles. The molecule has 2 aliphatic rings. The minimum Gasteiger partial charge on any atom is -0.298 e. The molecule has 0 aromatic heterocycles. The maximum atomic E-state index is 12.3. The van der Waals surface area contributed by atoms with E-state index in [1.807, 2.05) is 0 Å². The SMILES string of the molecule is CC1CN(C2CCCCCC2=O)CCN1Cc1ccccc1. The Bertz CT molecular complexity index is 487. The van der Waals surface area contributed by atoms with Gasteiger partial charge in [-0.05, 0) is 25.3 Å². The fourth-order valence-electron chi connectivity index (χ4n) is 3.89. The number of benzene rings is 1. The molecule has 3 nitrogen and oxygen atoms in total. The molecular formula is C19H28N2O. The second-order valence-corrected chi connectivity index (χ2v) is 6.88. The van der Waals surface area contributed by atoms with Crippen molar-refractivity contribution in [1.29, 1.82) is 0 Å². The summed E-state index contributed by atoms with van der Waals surface area (Å²) in [5.74, 6) is 0.487. The topological polar surface area (TPSA) is 23.6 Å². The molecule has 0 amide bonds. The van der Waals surface area contributed by atoms with E-state index >= 15 is 0 Å². The lowest BCUT2D eigenvalue weighted by atomic mass is 10.0. The Hall–Kier alpha value is -1.19. The van der Waals surface area contributed by atoms with Gasteiger partial charge in [-0.25, -0.2) is 0 Å². The third kappa shape index (κ3) is 3.76. The van der Waals surface area contributed by atoms with Crippen molar-refractivity contribution in [3.8, 4) is 0 Å². The maximum Gasteiger partial charge on any atom is 0.149 e. The largest absolute Gasteiger partial charge is 0.298 e. The van der Waals surface area contributed by atoms with Gasteiger partial charge in [0.05, 0.1) is 6.04 Å². The van der Waals surface area contributed by atoms with Crippen LogP contribution in [0.3, 0.4) is 0 Å². The van der Waals surface area contributed by atoms with E-state index in [1.54, 1.807) is 0 Å². The zero-order chi connectivity index (χ0) is 15.4. The van der Waals surface area contributed by atoms with Crippen LogP contribution >= 0.6 is 0 Å². The highest BCUT2D eigenvalue weighted by atomic mass is 16.1. The Morgan fingerprint density at radius 3 is 2.68 bits per heavy atom. The summed E-state index contributed by atoms with van der Waals surface area (Å²) in [6.07, 6.45) is 5.41. The molecule has 1 saturated carbocycles. The summed E-state index contributed by atoms with van der Waals surface area (Å²) >= 11 is 0. The van der Waals surface area contributed by atoms with Gasteiger partial charge < -0.3 is 0 Å². The summed E-state index contributed by atoms with van der Waals surface area (Å²) < 4.78 is 0. The van der Waals surface area contributed by atoms with Gasteiger partial charge in [0.25, 0.3) is 0 Å². The van der Waals surface area contributed by atoms with Gasteiger partial charge >= 0.3 is 0 Å². The first-order valence-electron chi connectivity index (χ1n) is 8.79. The molecule has 2 atom stereocenters. The summed E-state index contributed by atoms with van der Waals surface area (Å²) in [6.45, 7) is 6.46. The Morgan fingerprint density at radius 1 is 1.09 bits per heavy atom. The van der Waals surface area contributed by atoms with Gasteiger partial charge in [-0.1, -0.05) is 43.2 Å². The fraction of sp³-hybridized carbons (Fsp3) is 0.632. The number of rotatable bonds is 3. The van der Waals surface area contributed by atoms with Crippen LogP contribution in [-0.2, 0) is 11.3 Å². The van der Waals surface area contributed by atoms with Crippen LogP contribution in [0.1, 0.15) is 44.6 Å². The van der Waals surface area contributed by atoms with Gasteiger partial charge in [-0.3, -0.25) is 14.6 Å². The van der Waals surface area contributed by atoms with E-state index in [2.05, 4.69) is 47.1 Å². The molecule has 2 fully saturated rings. The number of hydrogen-bond donors (Lipinski definition) is 0. The quantitative estimate of drug-likeness (QED) is 0.802. The summed E-state index contributed by atoms with van der Waals surface area (Å²) in [5.41, 5.74) is 1.38. The molecule has 1 aromatic rings. The van der Waals surface area contributed by atoms with Crippen LogP contribution in [0.2, 0.25) is 0 Å². The number of carbonyl (C=O) groups is 1. The van der Waals surface area contributed by atoms with Crippen molar-refractivity contribution in [2.75, 3.05) is 19.6 Å². The molecule has 3 heteroatoms. The zero-order valence-electron chi connectivity index (χ0n) is 13.7. The molecule has 1 heterocycles. The molecule has 1 aromatic carbocycles. The van der Waals surface area contributed by atoms with Crippen molar-refractivity contribution in [2.45, 2.75) is 57.7 Å². The number of ketones is 1. The Balaban J connectivity index is 1.58. The number of nitrogens with zero attached hydrogens (tertiary/aromatic N) is 2. The first-order valence-corrected chi connectivity index (χ1v) is 8.79. The van der Waals surface area contributed by atoms with E-state index < -0.39 is 0 Å². The second-order valence-electron chi connectivity index (χ2n) is 6.88. The predicted octanol–water partition coefficient (Wildman–Crippen LogP) is 3.09. The Morgan fingerprint density at radius 2 is 1.91 bits per heavy atom. The molecule has 120 valence electrons. The van der Waals surface area contributed by atoms with Gasteiger partial charge in [0.1, 0.15) is 5.78 Å². The van der Waals surface area contributed by atoms with Crippen LogP contribution in [0.25, 0.3) is 0 Å². The summed E-state index contributed by atoms with van der Waals surface area (Å²) in [7, 11) is 0. The minimum atomic E-state index is 0.198. The van der Waals surface area contributed by atoms with Crippen LogP contribution in [0, 0.1) is 0 Å². The minimum absolute atomic E-state index is 0.198. The van der Waals surface area contributed by atoms with Crippen LogP contribution in [0.15, 0.2) is 30.3 Å². The highest BCUT2D eigenvalue weighted by Crippen LogP contribution is 2.23. The van der Waals surface area contributed by atoms with E-state index in [4.69, 9.17) is 0 Å². The first-order chi connectivity index (χ1) is 10.7. The lowest BCUT2D eigenvalue weighted by Crippen LogP contribution is -2.56. The van der Waals surface area contributed by atoms with Gasteiger partial charge in [0.2, 0.25) is 0 Å². The van der Waals surface area contributed by atoms with E-state index in [-0.39, 0.29) is 6.04 Å². The molecule has 3 rings (SSSR count). The standard InChI is InChI=1S/C19H28N2O/c1-16-14-21(18-10-6-3-7-11-19(18)22)13-12-20(16)15-17-8-4-2-5-9-17/h2,4-5,8-9,16,18H,3,6-7,10-15H2,1H3. The molecule has 2 unspecified atom stereocenters. The van der Waals surface area contributed by atoms with E-state index in [9.17, 15) is 4.79 Å². The summed E-state index contributed by atoms with van der Waals surface area (Å²) in [4.78, 5) is 17.3. The molecule has 0 N–H and O–H groups in total. The predicted molar refractivity (Wildman–Crippen MR) is 89.8 cm³/mol. The third-order valence-corrected chi connectivity index (χ3v) is 5.24. The fourth-order valence-corrected chi connectivity index (χ4v) is 3.89. The number of hydrogen-bond acceptors (Lipinski definition) is 3. The van der Waals surface area contributed by atoms with Crippen LogP contribution in [0.4, 0.5) is 0 Å². The van der Waals surface area contributed by atoms with Crippen molar-refractivity contribution >= 4 is 5.78 Å². The highest BCUT2D eigenvalue weighted by Gasteiger charge is 2.32. The van der Waals surface area contributed by atoms with E-state index in [0.717, 1.165) is 45.4 Å². The number of piperazine rings is 1. The molecule has 1 saturated heterocycles. The Labute approximate surface area is 134 Å². The highest BCUT2D eigenvalue weighted by molar-refractivity contribution is 5.84. The second kappa shape index (κ2) is 7.38. The van der Waals surface area contributed by atoms with E-state index in [1.165, 1.54) is 18.4 Å². The normalized spacial score (nSPS) is 28.5. The Kier molecular flexibility index (Phi) is 5.27. The van der Waals surface area contributed by atoms with Crippen molar-refractivity contribution in [2.24, 2.45) is 0 Å². The maximum absolute atomic E-state index is 12.3. The average Bonchev–Trinajstić information content (AvgIpc) is 2.75. The average molecular weight is 300 g/mol. The van der Waals surface area contributed by atoms with Gasteiger partial charge in [-0.2, -0.15) is 0 Å². The molecule has 1 aliphatic carbocycles. The first kappa shape index (κ1) is 15.7. The smallest absolute Gasteiger partial charge is 0.149 e. The summed E-state index contributed by atoms with van der Waals surface area (Å²) in [5, 5.41) is 0. The van der Waals surface area contributed by atoms with Crippen molar-refractivity contribution < 1.29 is 4.79 Å². The van der Waals surface area contributed by atoms with E-state index in [0.29, 0.717) is 11.8 Å². The van der Waals surface area contributed by atoms with Gasteiger partial charge in [0, 0.05) is 38.6 Å². The van der Waals surface area contributed by atoms with Crippen LogP contribution in [0.5, 0.6) is 0 Å². The molecular weight excluding hydrogens is 272 g/mol. The van der Waals surface area contributed by atoms with Gasteiger partial charge in [0.15, 0.2) is 0 Å². The number of carbonyl (C=O) groups excluding carboxylic acids is 1. The van der Waals surface area contributed by atoms with Crippen LogP contribution < -0.4 is 0 Å². The zero-order valence-corrected chi connectivity index (χ0v) is 13.7. The third-order valence-electron chi connectivity index (χ3n) is 5.24. The summed E-state index contributed by atoms with van der Waals surface area (Å²) in [6, 6.07) is 11.4.